The van der Waals surface area contributed by atoms with E-state index in [0.29, 0.717) is 0 Å². The summed E-state index contributed by atoms with van der Waals surface area (Å²) >= 11 is -2.12. The molecular formula is C22H38Sn. The molecule has 0 amide bonds. The fourth-order valence-corrected chi connectivity index (χ4v) is 24.1. The van der Waals surface area contributed by atoms with Gasteiger partial charge >= 0.3 is 150 Å². The van der Waals surface area contributed by atoms with Crippen molar-refractivity contribution in [1.82, 2.24) is 0 Å². The van der Waals surface area contributed by atoms with E-state index in [2.05, 4.69) is 45.0 Å². The van der Waals surface area contributed by atoms with Crippen LogP contribution in [0.5, 0.6) is 0 Å². The Bertz CT molecular complexity index is 429. The fraction of sp³-hybridized carbons (Fsp3) is 0.727. The SMILES string of the molecule is CCC[CH2][Sn]([CH2]CCC)([CH2]CCC)[CH]1CCCc2ccccc21. The van der Waals surface area contributed by atoms with Crippen molar-refractivity contribution in [2.24, 2.45) is 0 Å². The molecule has 0 bridgehead atoms. The second-order valence-corrected chi connectivity index (χ2v) is 21.9. The summed E-state index contributed by atoms with van der Waals surface area (Å²) in [4.78, 5) is 0. The molecule has 0 radical (unpaired) electrons. The number of hydrogen-bond acceptors (Lipinski definition) is 0. The van der Waals surface area contributed by atoms with E-state index in [1.807, 2.05) is 0 Å². The average Bonchev–Trinajstić information content (AvgIpc) is 2.61. The van der Waals surface area contributed by atoms with Crippen molar-refractivity contribution >= 4 is 18.4 Å². The Labute approximate surface area is 149 Å². The van der Waals surface area contributed by atoms with Crippen molar-refractivity contribution in [2.45, 2.75) is 95.8 Å². The van der Waals surface area contributed by atoms with Crippen LogP contribution in [0.25, 0.3) is 0 Å². The van der Waals surface area contributed by atoms with E-state index in [0.717, 1.165) is 3.93 Å². The van der Waals surface area contributed by atoms with Crippen LogP contribution >= 0.6 is 0 Å². The minimum atomic E-state index is -2.12. The molecule has 1 aliphatic rings. The summed E-state index contributed by atoms with van der Waals surface area (Å²) in [6.45, 7) is 7.18. The molecule has 1 aromatic rings. The topological polar surface area (TPSA) is 0 Å². The van der Waals surface area contributed by atoms with Crippen LogP contribution in [0, 0.1) is 0 Å². The summed E-state index contributed by atoms with van der Waals surface area (Å²) in [6.07, 6.45) is 13.0. The van der Waals surface area contributed by atoms with E-state index in [-0.39, 0.29) is 0 Å². The van der Waals surface area contributed by atoms with E-state index < -0.39 is 18.4 Å². The van der Waals surface area contributed by atoms with E-state index in [1.165, 1.54) is 57.8 Å². The van der Waals surface area contributed by atoms with Gasteiger partial charge in [-0.1, -0.05) is 0 Å². The normalized spacial score (nSPS) is 18.0. The third kappa shape index (κ3) is 5.00. The maximum absolute atomic E-state index is 2.51. The van der Waals surface area contributed by atoms with Gasteiger partial charge in [0.2, 0.25) is 0 Å². The first-order valence-electron chi connectivity index (χ1n) is 10.3. The average molecular weight is 421 g/mol. The van der Waals surface area contributed by atoms with Crippen molar-refractivity contribution in [3.05, 3.63) is 35.4 Å². The van der Waals surface area contributed by atoms with Gasteiger partial charge in [0.15, 0.2) is 0 Å². The predicted octanol–water partition coefficient (Wildman–Crippen LogP) is 7.49. The second kappa shape index (κ2) is 10.1. The van der Waals surface area contributed by atoms with Crippen LogP contribution in [0.2, 0.25) is 13.3 Å². The zero-order valence-corrected chi connectivity index (χ0v) is 18.7. The van der Waals surface area contributed by atoms with Gasteiger partial charge in [-0.3, -0.25) is 0 Å². The monoisotopic (exact) mass is 422 g/mol. The third-order valence-corrected chi connectivity index (χ3v) is 23.7. The Morgan fingerprint density at radius 2 is 1.43 bits per heavy atom. The predicted molar refractivity (Wildman–Crippen MR) is 107 cm³/mol. The van der Waals surface area contributed by atoms with Crippen LogP contribution in [-0.2, 0) is 6.42 Å². The van der Waals surface area contributed by atoms with Crippen molar-refractivity contribution < 1.29 is 0 Å². The number of fused-ring (bicyclic) bond motifs is 1. The van der Waals surface area contributed by atoms with Gasteiger partial charge in [0.25, 0.3) is 0 Å². The van der Waals surface area contributed by atoms with Crippen LogP contribution < -0.4 is 0 Å². The third-order valence-electron chi connectivity index (χ3n) is 6.19. The van der Waals surface area contributed by atoms with Gasteiger partial charge in [0, 0.05) is 0 Å². The fourth-order valence-electron chi connectivity index (χ4n) is 4.87. The zero-order valence-electron chi connectivity index (χ0n) is 15.9. The van der Waals surface area contributed by atoms with Crippen molar-refractivity contribution in [3.8, 4) is 0 Å². The first kappa shape index (κ1) is 19.3. The summed E-state index contributed by atoms with van der Waals surface area (Å²) in [5.74, 6) is 0. The van der Waals surface area contributed by atoms with E-state index in [1.54, 1.807) is 24.4 Å². The van der Waals surface area contributed by atoms with Crippen LogP contribution in [0.3, 0.4) is 0 Å². The second-order valence-electron chi connectivity index (χ2n) is 7.82. The molecule has 130 valence electrons. The summed E-state index contributed by atoms with van der Waals surface area (Å²) in [6, 6.07) is 9.52. The Morgan fingerprint density at radius 3 is 2.00 bits per heavy atom. The molecule has 0 nitrogen and oxygen atoms in total. The van der Waals surface area contributed by atoms with Crippen LogP contribution in [0.15, 0.2) is 24.3 Å². The Hall–Kier alpha value is 0.0187. The number of rotatable bonds is 10. The summed E-state index contributed by atoms with van der Waals surface area (Å²) in [5.41, 5.74) is 3.51. The number of hydrogen-bond donors (Lipinski definition) is 0. The molecule has 0 N–H and O–H groups in total. The van der Waals surface area contributed by atoms with Gasteiger partial charge in [-0.05, 0) is 0 Å². The molecule has 0 fully saturated rings. The molecule has 0 spiro atoms. The van der Waals surface area contributed by atoms with Gasteiger partial charge in [-0.25, -0.2) is 0 Å². The molecule has 0 heterocycles. The number of benzene rings is 1. The Kier molecular flexibility index (Phi) is 8.50. The molecule has 23 heavy (non-hydrogen) atoms. The van der Waals surface area contributed by atoms with Crippen LogP contribution in [0.4, 0.5) is 0 Å². The molecule has 1 aliphatic carbocycles. The van der Waals surface area contributed by atoms with Crippen molar-refractivity contribution in [2.75, 3.05) is 0 Å². The first-order chi connectivity index (χ1) is 11.3. The van der Waals surface area contributed by atoms with E-state index in [4.69, 9.17) is 0 Å². The van der Waals surface area contributed by atoms with Gasteiger partial charge in [0.05, 0.1) is 0 Å². The maximum atomic E-state index is 2.51. The van der Waals surface area contributed by atoms with Crippen LogP contribution in [0.1, 0.15) is 87.2 Å². The van der Waals surface area contributed by atoms with Crippen molar-refractivity contribution in [1.29, 1.82) is 0 Å². The quantitative estimate of drug-likeness (QED) is 0.343. The van der Waals surface area contributed by atoms with Gasteiger partial charge in [0.1, 0.15) is 0 Å². The summed E-state index contributed by atoms with van der Waals surface area (Å²) in [7, 11) is 0. The number of unbranched alkanes of at least 4 members (excludes halogenated alkanes) is 3. The molecule has 0 saturated heterocycles. The van der Waals surface area contributed by atoms with Gasteiger partial charge in [-0.2, -0.15) is 0 Å². The molecule has 0 aliphatic heterocycles. The van der Waals surface area contributed by atoms with Gasteiger partial charge in [-0.15, -0.1) is 0 Å². The van der Waals surface area contributed by atoms with Crippen molar-refractivity contribution in [3.63, 3.8) is 0 Å². The standard InChI is InChI=1S/C10H11.3C4H9.Sn/c1-2-6-10-8-4-3-7-9(10)5-1;3*1-3-4-2;/h1-2,5-7H,3-4,8H2;3*1,3-4H2,2H3;. The molecule has 1 atom stereocenters. The zero-order chi connectivity index (χ0) is 16.5. The molecule has 1 heteroatoms. The Balaban J connectivity index is 2.33. The molecule has 2 rings (SSSR count). The minimum absolute atomic E-state index is 1.03. The summed E-state index contributed by atoms with van der Waals surface area (Å²) < 4.78 is 6.00. The van der Waals surface area contributed by atoms with E-state index in [9.17, 15) is 0 Å². The molecular weight excluding hydrogens is 383 g/mol. The molecule has 0 saturated carbocycles. The van der Waals surface area contributed by atoms with Gasteiger partial charge < -0.3 is 0 Å². The summed E-state index contributed by atoms with van der Waals surface area (Å²) in [5, 5.41) is 0. The van der Waals surface area contributed by atoms with E-state index >= 15 is 0 Å². The first-order valence-corrected chi connectivity index (χ1v) is 18.1. The number of aryl methyl sites for hydroxylation is 1. The molecule has 0 aromatic heterocycles. The molecule has 1 aromatic carbocycles. The van der Waals surface area contributed by atoms with Crippen LogP contribution in [-0.4, -0.2) is 18.4 Å². The molecule has 1 unspecified atom stereocenters. The Morgan fingerprint density at radius 1 is 0.870 bits per heavy atom.